The Labute approximate surface area is 129 Å². The maximum atomic E-state index is 11.6. The minimum Gasteiger partial charge on any atom is -0.355 e. The number of hydrogen-bond acceptors (Lipinski definition) is 6. The zero-order chi connectivity index (χ0) is 15.2. The average molecular weight is 313 g/mol. The van der Waals surface area contributed by atoms with Gasteiger partial charge in [-0.3, -0.25) is 4.79 Å². The van der Waals surface area contributed by atoms with Gasteiger partial charge in [-0.25, -0.2) is 0 Å². The van der Waals surface area contributed by atoms with Crippen LogP contribution in [0.3, 0.4) is 0 Å². The molecule has 8 heteroatoms. The fraction of sp³-hybridized carbons (Fsp3) is 0.692. The summed E-state index contributed by atoms with van der Waals surface area (Å²) in [6.07, 6.45) is 3.50. The lowest BCUT2D eigenvalue weighted by Crippen LogP contribution is -2.36. The number of carbonyl (C=O) groups is 1. The van der Waals surface area contributed by atoms with Gasteiger partial charge in [0.2, 0.25) is 23.1 Å². The Morgan fingerprint density at radius 1 is 1.29 bits per heavy atom. The maximum absolute atomic E-state index is 11.6. The zero-order valence-corrected chi connectivity index (χ0v) is 13.2. The molecule has 0 unspecified atom stereocenters. The van der Waals surface area contributed by atoms with E-state index in [9.17, 15) is 4.79 Å². The number of carbonyl (C=O) groups excluding carboxylic acids is 1. The number of nitrogens with zero attached hydrogens (tertiary/aromatic N) is 5. The molecule has 0 spiro atoms. The smallest absolute Gasteiger partial charge is 0.239 e. The van der Waals surface area contributed by atoms with E-state index in [2.05, 4.69) is 25.2 Å². The molecule has 1 N–H and O–H groups in total. The van der Waals surface area contributed by atoms with Crippen LogP contribution in [0.1, 0.15) is 26.2 Å². The highest BCUT2D eigenvalue weighted by Crippen LogP contribution is 2.19. The average Bonchev–Trinajstić information content (AvgIpc) is 2.47. The SMILES string of the molecule is CCNC(=O)CN(C)c1nc(Cl)nc(N2CCCCC2)n1. The molecule has 1 aliphatic heterocycles. The van der Waals surface area contributed by atoms with Crippen LogP contribution in [0.4, 0.5) is 11.9 Å². The van der Waals surface area contributed by atoms with Gasteiger partial charge in [0.25, 0.3) is 0 Å². The normalized spacial score (nSPS) is 14.9. The first-order valence-electron chi connectivity index (χ1n) is 7.24. The summed E-state index contributed by atoms with van der Waals surface area (Å²) < 4.78 is 0. The van der Waals surface area contributed by atoms with E-state index in [0.29, 0.717) is 18.4 Å². The van der Waals surface area contributed by atoms with Crippen molar-refractivity contribution in [2.75, 3.05) is 43.0 Å². The van der Waals surface area contributed by atoms with E-state index in [1.807, 2.05) is 6.92 Å². The van der Waals surface area contributed by atoms with E-state index >= 15 is 0 Å². The van der Waals surface area contributed by atoms with E-state index in [1.54, 1.807) is 11.9 Å². The summed E-state index contributed by atoms with van der Waals surface area (Å²) in [5, 5.41) is 2.90. The molecular formula is C13H21ClN6O. The van der Waals surface area contributed by atoms with Crippen molar-refractivity contribution < 1.29 is 4.79 Å². The summed E-state index contributed by atoms with van der Waals surface area (Å²) in [7, 11) is 1.76. The number of hydrogen-bond donors (Lipinski definition) is 1. The van der Waals surface area contributed by atoms with Gasteiger partial charge in [0.15, 0.2) is 0 Å². The number of aromatic nitrogens is 3. The molecule has 0 aliphatic carbocycles. The van der Waals surface area contributed by atoms with Crippen LogP contribution >= 0.6 is 11.6 Å². The minimum absolute atomic E-state index is 0.0731. The maximum Gasteiger partial charge on any atom is 0.239 e. The summed E-state index contributed by atoms with van der Waals surface area (Å²) in [6, 6.07) is 0. The number of anilines is 2. The summed E-state index contributed by atoms with van der Waals surface area (Å²) >= 11 is 5.99. The van der Waals surface area contributed by atoms with Gasteiger partial charge in [-0.05, 0) is 37.8 Å². The Balaban J connectivity index is 2.12. The second kappa shape index (κ2) is 7.40. The first kappa shape index (κ1) is 15.8. The van der Waals surface area contributed by atoms with Crippen molar-refractivity contribution in [2.24, 2.45) is 0 Å². The Morgan fingerprint density at radius 3 is 2.67 bits per heavy atom. The van der Waals surface area contributed by atoms with Gasteiger partial charge in [0, 0.05) is 26.7 Å². The fourth-order valence-electron chi connectivity index (χ4n) is 2.27. The van der Waals surface area contributed by atoms with Gasteiger partial charge >= 0.3 is 0 Å². The fourth-order valence-corrected chi connectivity index (χ4v) is 2.43. The van der Waals surface area contributed by atoms with Crippen molar-refractivity contribution in [3.05, 3.63) is 5.28 Å². The first-order chi connectivity index (χ1) is 10.1. The molecule has 0 radical (unpaired) electrons. The van der Waals surface area contributed by atoms with Gasteiger partial charge in [0.05, 0.1) is 6.54 Å². The van der Waals surface area contributed by atoms with Crippen molar-refractivity contribution in [3.8, 4) is 0 Å². The van der Waals surface area contributed by atoms with Gasteiger partial charge in [-0.2, -0.15) is 15.0 Å². The third kappa shape index (κ3) is 4.42. The lowest BCUT2D eigenvalue weighted by atomic mass is 10.1. The van der Waals surface area contributed by atoms with Crippen molar-refractivity contribution >= 4 is 29.4 Å². The molecule has 1 amide bonds. The number of halogens is 1. The number of piperidine rings is 1. The second-order valence-corrected chi connectivity index (χ2v) is 5.40. The molecule has 0 bridgehead atoms. The van der Waals surface area contributed by atoms with Crippen molar-refractivity contribution in [2.45, 2.75) is 26.2 Å². The third-order valence-electron chi connectivity index (χ3n) is 3.32. The van der Waals surface area contributed by atoms with Crippen LogP contribution in [0.15, 0.2) is 0 Å². The van der Waals surface area contributed by atoms with Crippen LogP contribution in [-0.4, -0.2) is 54.1 Å². The van der Waals surface area contributed by atoms with Crippen LogP contribution in [0, 0.1) is 0 Å². The van der Waals surface area contributed by atoms with Gasteiger partial charge in [0.1, 0.15) is 0 Å². The van der Waals surface area contributed by atoms with E-state index in [4.69, 9.17) is 11.6 Å². The second-order valence-electron chi connectivity index (χ2n) is 5.06. The molecule has 1 aromatic rings. The summed E-state index contributed by atoms with van der Waals surface area (Å²) in [4.78, 5) is 28.2. The molecule has 116 valence electrons. The molecule has 1 fully saturated rings. The minimum atomic E-state index is -0.0731. The topological polar surface area (TPSA) is 74.2 Å². The standard InChI is InChI=1S/C13H21ClN6O/c1-3-15-10(21)9-19(2)12-16-11(14)17-13(18-12)20-7-5-4-6-8-20/h3-9H2,1-2H3,(H,15,21). The van der Waals surface area contributed by atoms with Gasteiger partial charge in [-0.1, -0.05) is 0 Å². The first-order valence-corrected chi connectivity index (χ1v) is 7.62. The highest BCUT2D eigenvalue weighted by atomic mass is 35.5. The molecule has 0 atom stereocenters. The molecular weight excluding hydrogens is 292 g/mol. The van der Waals surface area contributed by atoms with E-state index < -0.39 is 0 Å². The Kier molecular flexibility index (Phi) is 5.55. The van der Waals surface area contributed by atoms with Crippen molar-refractivity contribution in [3.63, 3.8) is 0 Å². The lowest BCUT2D eigenvalue weighted by molar-refractivity contribution is -0.119. The summed E-state index contributed by atoms with van der Waals surface area (Å²) in [5.74, 6) is 0.935. The van der Waals surface area contributed by atoms with E-state index in [-0.39, 0.29) is 17.7 Å². The monoisotopic (exact) mass is 312 g/mol. The van der Waals surface area contributed by atoms with Crippen LogP contribution in [-0.2, 0) is 4.79 Å². The van der Waals surface area contributed by atoms with Crippen LogP contribution in [0.2, 0.25) is 5.28 Å². The molecule has 7 nitrogen and oxygen atoms in total. The molecule has 0 aromatic carbocycles. The predicted octanol–water partition coefficient (Wildman–Crippen LogP) is 1.09. The molecule has 2 rings (SSSR count). The van der Waals surface area contributed by atoms with Crippen molar-refractivity contribution in [1.29, 1.82) is 0 Å². The quantitative estimate of drug-likeness (QED) is 0.877. The predicted molar refractivity (Wildman–Crippen MR) is 82.9 cm³/mol. The molecule has 21 heavy (non-hydrogen) atoms. The number of rotatable bonds is 5. The Morgan fingerprint density at radius 2 is 2.00 bits per heavy atom. The zero-order valence-electron chi connectivity index (χ0n) is 12.5. The highest BCUT2D eigenvalue weighted by Gasteiger charge is 2.18. The molecule has 1 aromatic heterocycles. The lowest BCUT2D eigenvalue weighted by Gasteiger charge is -2.27. The number of nitrogens with one attached hydrogen (secondary N) is 1. The largest absolute Gasteiger partial charge is 0.355 e. The van der Waals surface area contributed by atoms with Crippen molar-refractivity contribution in [1.82, 2.24) is 20.3 Å². The Bertz CT molecular complexity index is 492. The number of amides is 1. The highest BCUT2D eigenvalue weighted by molar-refractivity contribution is 6.28. The third-order valence-corrected chi connectivity index (χ3v) is 3.49. The summed E-state index contributed by atoms with van der Waals surface area (Å²) in [5.41, 5.74) is 0. The van der Waals surface area contributed by atoms with E-state index in [1.165, 1.54) is 6.42 Å². The molecule has 2 heterocycles. The van der Waals surface area contributed by atoms with Gasteiger partial charge < -0.3 is 15.1 Å². The molecule has 0 saturated carbocycles. The van der Waals surface area contributed by atoms with Gasteiger partial charge in [-0.15, -0.1) is 0 Å². The number of likely N-dealkylation sites (N-methyl/N-ethyl adjacent to an activating group) is 2. The molecule has 1 aliphatic rings. The van der Waals surface area contributed by atoms with Crippen LogP contribution in [0.25, 0.3) is 0 Å². The van der Waals surface area contributed by atoms with Crippen LogP contribution < -0.4 is 15.1 Å². The Hall–Kier alpha value is -1.63. The van der Waals surface area contributed by atoms with Crippen LogP contribution in [0.5, 0.6) is 0 Å². The summed E-state index contributed by atoms with van der Waals surface area (Å²) in [6.45, 7) is 4.53. The van der Waals surface area contributed by atoms with E-state index in [0.717, 1.165) is 25.9 Å². The molecule has 1 saturated heterocycles.